The third kappa shape index (κ3) is 4.07. The summed E-state index contributed by atoms with van der Waals surface area (Å²) in [5.41, 5.74) is 1.21. The minimum absolute atomic E-state index is 0.0185. The lowest BCUT2D eigenvalue weighted by Gasteiger charge is -2.10. The fourth-order valence-electron chi connectivity index (χ4n) is 2.61. The molecule has 0 radical (unpaired) electrons. The molecule has 2 aromatic rings. The summed E-state index contributed by atoms with van der Waals surface area (Å²) in [5.74, 6) is -1.61. The van der Waals surface area contributed by atoms with Crippen LogP contribution < -0.4 is 0 Å². The number of rotatable bonds is 6. The Morgan fingerprint density at radius 1 is 1.30 bits per heavy atom. The van der Waals surface area contributed by atoms with Crippen molar-refractivity contribution in [1.29, 1.82) is 0 Å². The zero-order chi connectivity index (χ0) is 19.6. The molecule has 1 aromatic heterocycles. The number of aromatic nitrogens is 1. The Bertz CT molecular complexity index is 982. The summed E-state index contributed by atoms with van der Waals surface area (Å²) in [6.07, 6.45) is 3.36. The van der Waals surface area contributed by atoms with E-state index < -0.39 is 23.3 Å². The van der Waals surface area contributed by atoms with E-state index in [4.69, 9.17) is 17.3 Å². The number of amides is 1. The zero-order valence-corrected chi connectivity index (χ0v) is 15.4. The Labute approximate surface area is 163 Å². The Balaban J connectivity index is 1.87. The average molecular weight is 403 g/mol. The van der Waals surface area contributed by atoms with Crippen LogP contribution in [-0.2, 0) is 16.1 Å². The predicted octanol–water partition coefficient (Wildman–Crippen LogP) is 2.73. The van der Waals surface area contributed by atoms with Gasteiger partial charge in [0.05, 0.1) is 16.4 Å². The second-order valence-corrected chi connectivity index (χ2v) is 7.28. The molecule has 27 heavy (non-hydrogen) atoms. The highest BCUT2D eigenvalue weighted by Crippen LogP contribution is 2.32. The molecule has 1 amide bonds. The monoisotopic (exact) mass is 403 g/mol. The molecule has 0 atom stereocenters. The highest BCUT2D eigenvalue weighted by Gasteiger charge is 2.33. The van der Waals surface area contributed by atoms with Gasteiger partial charge in [-0.3, -0.25) is 24.6 Å². The smallest absolute Gasteiger partial charge is 0.323 e. The van der Waals surface area contributed by atoms with E-state index in [2.05, 4.69) is 0 Å². The molecule has 138 valence electrons. The number of hydrogen-bond donors (Lipinski definition) is 1. The maximum atomic E-state index is 12.4. The molecule has 10 heteroatoms. The highest BCUT2D eigenvalue weighted by molar-refractivity contribution is 8.26. The van der Waals surface area contributed by atoms with E-state index in [1.807, 2.05) is 0 Å². The first kappa shape index (κ1) is 18.8. The lowest BCUT2D eigenvalue weighted by atomic mass is 10.2. The second-order valence-electron chi connectivity index (χ2n) is 5.61. The molecule has 2 heterocycles. The van der Waals surface area contributed by atoms with Gasteiger partial charge in [-0.25, -0.2) is 0 Å². The van der Waals surface area contributed by atoms with Crippen molar-refractivity contribution in [3.8, 4) is 0 Å². The number of carbonyl (C=O) groups is 2. The number of carboxylic acids is 1. The number of nitrogens with zero attached hydrogens (tertiary/aromatic N) is 3. The lowest BCUT2D eigenvalue weighted by molar-refractivity contribution is -0.385. The van der Waals surface area contributed by atoms with Gasteiger partial charge in [-0.15, -0.1) is 0 Å². The number of benzene rings is 1. The SMILES string of the molecule is O=C(O)CN1C(=O)/C(=C/c2cccn2Cc2ccccc2[N+](=O)[O-])SC1=S. The molecule has 0 saturated carbocycles. The van der Waals surface area contributed by atoms with Gasteiger partial charge in [0, 0.05) is 23.5 Å². The number of nitro groups is 1. The molecule has 1 fully saturated rings. The molecule has 8 nitrogen and oxygen atoms in total. The number of nitro benzene ring substituents is 1. The van der Waals surface area contributed by atoms with Crippen molar-refractivity contribution in [3.05, 3.63) is 68.9 Å². The summed E-state index contributed by atoms with van der Waals surface area (Å²) in [4.78, 5) is 35.3. The van der Waals surface area contributed by atoms with E-state index in [0.29, 0.717) is 16.2 Å². The number of thiocarbonyl (C=S) groups is 1. The normalized spacial score (nSPS) is 15.6. The standard InChI is InChI=1S/C17H13N3O5S2/c21-15(22)10-19-16(23)14(27-17(19)26)8-12-5-3-7-18(12)9-11-4-1-2-6-13(11)20(24)25/h1-8H,9-10H2,(H,21,22)/b14-8-. The number of carboxylic acid groups (broad SMARTS) is 1. The largest absolute Gasteiger partial charge is 0.480 e. The Morgan fingerprint density at radius 3 is 2.74 bits per heavy atom. The van der Waals surface area contributed by atoms with Crippen molar-refractivity contribution in [3.63, 3.8) is 0 Å². The number of para-hydroxylation sites is 1. The molecule has 0 aliphatic carbocycles. The Hall–Kier alpha value is -2.98. The van der Waals surface area contributed by atoms with Crippen LogP contribution in [0.15, 0.2) is 47.5 Å². The van der Waals surface area contributed by atoms with Gasteiger partial charge in [-0.05, 0) is 18.2 Å². The summed E-state index contributed by atoms with van der Waals surface area (Å²) in [6.45, 7) is -0.232. The molecule has 1 aliphatic rings. The zero-order valence-electron chi connectivity index (χ0n) is 13.8. The van der Waals surface area contributed by atoms with Gasteiger partial charge in [0.1, 0.15) is 10.9 Å². The lowest BCUT2D eigenvalue weighted by Crippen LogP contribution is -2.33. The summed E-state index contributed by atoms with van der Waals surface area (Å²) in [7, 11) is 0. The van der Waals surface area contributed by atoms with Crippen molar-refractivity contribution < 1.29 is 19.6 Å². The molecule has 1 aliphatic heterocycles. The molecule has 0 unspecified atom stereocenters. The molecular weight excluding hydrogens is 390 g/mol. The van der Waals surface area contributed by atoms with E-state index in [1.54, 1.807) is 47.2 Å². The minimum atomic E-state index is -1.15. The minimum Gasteiger partial charge on any atom is -0.480 e. The topological polar surface area (TPSA) is 106 Å². The fraction of sp³-hybridized carbons (Fsp3) is 0.118. The van der Waals surface area contributed by atoms with E-state index in [9.17, 15) is 19.7 Å². The van der Waals surface area contributed by atoms with Crippen LogP contribution in [0.2, 0.25) is 0 Å². The van der Waals surface area contributed by atoms with Gasteiger partial charge >= 0.3 is 5.97 Å². The first-order chi connectivity index (χ1) is 12.9. The number of aliphatic carboxylic acids is 1. The maximum Gasteiger partial charge on any atom is 0.323 e. The van der Waals surface area contributed by atoms with Gasteiger partial charge < -0.3 is 9.67 Å². The van der Waals surface area contributed by atoms with Gasteiger partial charge in [-0.1, -0.05) is 42.2 Å². The van der Waals surface area contributed by atoms with Crippen molar-refractivity contribution in [1.82, 2.24) is 9.47 Å². The van der Waals surface area contributed by atoms with Crippen LogP contribution in [-0.4, -0.2) is 42.2 Å². The van der Waals surface area contributed by atoms with Gasteiger partial charge in [0.25, 0.3) is 11.6 Å². The predicted molar refractivity (Wildman–Crippen MR) is 104 cm³/mol. The van der Waals surface area contributed by atoms with Crippen LogP contribution in [0, 0.1) is 10.1 Å². The van der Waals surface area contributed by atoms with E-state index >= 15 is 0 Å². The van der Waals surface area contributed by atoms with Crippen molar-refractivity contribution in [2.24, 2.45) is 0 Å². The second kappa shape index (κ2) is 7.72. The maximum absolute atomic E-state index is 12.4. The fourth-order valence-corrected chi connectivity index (χ4v) is 3.85. The molecule has 3 rings (SSSR count). The van der Waals surface area contributed by atoms with E-state index in [1.165, 1.54) is 6.07 Å². The third-order valence-electron chi connectivity index (χ3n) is 3.84. The summed E-state index contributed by atoms with van der Waals surface area (Å²) in [6, 6.07) is 9.97. The van der Waals surface area contributed by atoms with E-state index in [-0.39, 0.29) is 16.6 Å². The van der Waals surface area contributed by atoms with Gasteiger partial charge in [0.2, 0.25) is 0 Å². The average Bonchev–Trinajstić information content (AvgIpc) is 3.15. The summed E-state index contributed by atoms with van der Waals surface area (Å²) in [5, 5.41) is 20.1. The first-order valence-electron chi connectivity index (χ1n) is 7.71. The molecule has 1 saturated heterocycles. The van der Waals surface area contributed by atoms with Gasteiger partial charge in [0.15, 0.2) is 0 Å². The van der Waals surface area contributed by atoms with Crippen LogP contribution in [0.4, 0.5) is 5.69 Å². The van der Waals surface area contributed by atoms with Crippen LogP contribution in [0.5, 0.6) is 0 Å². The van der Waals surface area contributed by atoms with Crippen LogP contribution in [0.1, 0.15) is 11.3 Å². The molecular formula is C17H13N3O5S2. The van der Waals surface area contributed by atoms with Crippen LogP contribution >= 0.6 is 24.0 Å². The molecule has 0 spiro atoms. The highest BCUT2D eigenvalue weighted by atomic mass is 32.2. The summed E-state index contributed by atoms with van der Waals surface area (Å²) >= 11 is 6.10. The quantitative estimate of drug-likeness (QED) is 0.342. The van der Waals surface area contributed by atoms with Crippen molar-refractivity contribution in [2.75, 3.05) is 6.54 Å². The number of hydrogen-bond acceptors (Lipinski definition) is 6. The number of carbonyl (C=O) groups excluding carboxylic acids is 1. The molecule has 0 bridgehead atoms. The van der Waals surface area contributed by atoms with Crippen molar-refractivity contribution in [2.45, 2.75) is 6.54 Å². The van der Waals surface area contributed by atoms with E-state index in [0.717, 1.165) is 16.7 Å². The Kier molecular flexibility index (Phi) is 5.38. The first-order valence-corrected chi connectivity index (χ1v) is 8.94. The van der Waals surface area contributed by atoms with Crippen molar-refractivity contribution >= 4 is 51.9 Å². The number of thioether (sulfide) groups is 1. The third-order valence-corrected chi connectivity index (χ3v) is 5.22. The van der Waals surface area contributed by atoms with Gasteiger partial charge in [-0.2, -0.15) is 0 Å². The molecule has 1 aromatic carbocycles. The van der Waals surface area contributed by atoms with Crippen LogP contribution in [0.25, 0.3) is 6.08 Å². The van der Waals surface area contributed by atoms with Crippen LogP contribution in [0.3, 0.4) is 0 Å². The summed E-state index contributed by atoms with van der Waals surface area (Å²) < 4.78 is 1.96. The molecule has 1 N–H and O–H groups in total. The Morgan fingerprint density at radius 2 is 2.04 bits per heavy atom.